The number of anilines is 1. The van der Waals surface area contributed by atoms with Gasteiger partial charge < -0.3 is 10.2 Å². The van der Waals surface area contributed by atoms with E-state index in [9.17, 15) is 0 Å². The highest BCUT2D eigenvalue weighted by molar-refractivity contribution is 5.73. The number of nitrogens with one attached hydrogen (secondary N) is 1. The summed E-state index contributed by atoms with van der Waals surface area (Å²) in [4.78, 5) is 7.30. The summed E-state index contributed by atoms with van der Waals surface area (Å²) < 4.78 is 0. The zero-order valence-corrected chi connectivity index (χ0v) is 14.4. The number of hydrogen-bond donors (Lipinski definition) is 1. The summed E-state index contributed by atoms with van der Waals surface area (Å²) in [6.45, 7) is 0. The number of allylic oxidation sites excluding steroid dienone is 2. The molecule has 0 unspecified atom stereocenters. The molecular weight excluding hydrogens is 296 g/mol. The topological polar surface area (TPSA) is 51.4 Å². The van der Waals surface area contributed by atoms with E-state index in [0.29, 0.717) is 17.8 Å². The van der Waals surface area contributed by atoms with E-state index in [0.717, 1.165) is 18.9 Å². The molecule has 0 aromatic heterocycles. The molecule has 0 bridgehead atoms. The molecule has 1 aromatic rings. The van der Waals surface area contributed by atoms with E-state index in [1.807, 2.05) is 0 Å². The Bertz CT molecular complexity index is 617. The van der Waals surface area contributed by atoms with Gasteiger partial charge >= 0.3 is 0 Å². The third-order valence-electron chi connectivity index (χ3n) is 4.98. The van der Waals surface area contributed by atoms with E-state index in [1.54, 1.807) is 19.3 Å². The average molecular weight is 322 g/mol. The fraction of sp³-hybridized carbons (Fsp3) is 0.500. The Labute approximate surface area is 144 Å². The predicted octanol–water partition coefficient (Wildman–Crippen LogP) is 3.66. The van der Waals surface area contributed by atoms with Crippen molar-refractivity contribution in [3.05, 3.63) is 42.1 Å². The lowest BCUT2D eigenvalue weighted by molar-refractivity contribution is 0.376. The number of benzene rings is 1. The van der Waals surface area contributed by atoms with E-state index in [1.165, 1.54) is 31.4 Å². The molecule has 126 valence electrons. The maximum Gasteiger partial charge on any atom is 0.117 e. The van der Waals surface area contributed by atoms with Gasteiger partial charge in [-0.05, 0) is 56.7 Å². The molecule has 0 amide bonds. The molecule has 1 N–H and O–H groups in total. The van der Waals surface area contributed by atoms with E-state index in [-0.39, 0.29) is 0 Å². The van der Waals surface area contributed by atoms with Crippen LogP contribution in [0.3, 0.4) is 0 Å². The molecule has 0 heterocycles. The second kappa shape index (κ2) is 8.01. The Morgan fingerprint density at radius 2 is 1.75 bits per heavy atom. The van der Waals surface area contributed by atoms with Gasteiger partial charge in [-0.2, -0.15) is 5.26 Å². The van der Waals surface area contributed by atoms with Gasteiger partial charge in [0.2, 0.25) is 0 Å². The van der Waals surface area contributed by atoms with Crippen molar-refractivity contribution >= 4 is 11.9 Å². The normalized spacial score (nSPS) is 24.6. The van der Waals surface area contributed by atoms with E-state index in [4.69, 9.17) is 5.26 Å². The molecular formula is C20H26N4. The molecule has 2 saturated carbocycles. The second-order valence-electron chi connectivity index (χ2n) is 6.68. The van der Waals surface area contributed by atoms with Gasteiger partial charge in [0.1, 0.15) is 11.8 Å². The minimum atomic E-state index is 0.395. The van der Waals surface area contributed by atoms with Gasteiger partial charge in [-0.25, -0.2) is 0 Å². The molecule has 0 aliphatic heterocycles. The highest BCUT2D eigenvalue weighted by Crippen LogP contribution is 2.37. The van der Waals surface area contributed by atoms with Crippen LogP contribution in [0.5, 0.6) is 0 Å². The predicted molar refractivity (Wildman–Crippen MR) is 99.2 cm³/mol. The Kier molecular flexibility index (Phi) is 5.53. The molecule has 4 heteroatoms. The number of hydrogen-bond acceptors (Lipinski definition) is 4. The van der Waals surface area contributed by atoms with Crippen LogP contribution in [0.4, 0.5) is 5.69 Å². The lowest BCUT2D eigenvalue weighted by Crippen LogP contribution is -2.40. The van der Waals surface area contributed by atoms with Crippen molar-refractivity contribution in [1.29, 1.82) is 5.26 Å². The zero-order chi connectivity index (χ0) is 16.8. The molecule has 24 heavy (non-hydrogen) atoms. The number of rotatable bonds is 6. The monoisotopic (exact) mass is 322 g/mol. The first kappa shape index (κ1) is 16.6. The molecule has 1 aromatic carbocycles. The van der Waals surface area contributed by atoms with Gasteiger partial charge in [0.15, 0.2) is 0 Å². The smallest absolute Gasteiger partial charge is 0.117 e. The van der Waals surface area contributed by atoms with Crippen LogP contribution >= 0.6 is 0 Å². The van der Waals surface area contributed by atoms with E-state index >= 15 is 0 Å². The second-order valence-corrected chi connectivity index (χ2v) is 6.68. The van der Waals surface area contributed by atoms with Gasteiger partial charge in [0, 0.05) is 31.0 Å². The fourth-order valence-corrected chi connectivity index (χ4v) is 3.57. The molecule has 2 aliphatic carbocycles. The molecule has 3 rings (SSSR count). The van der Waals surface area contributed by atoms with Crippen LogP contribution in [-0.4, -0.2) is 31.4 Å². The number of aliphatic imine (C=N–C) groups is 1. The van der Waals surface area contributed by atoms with E-state index in [2.05, 4.69) is 51.6 Å². The fourth-order valence-electron chi connectivity index (χ4n) is 3.57. The number of para-hydroxylation sites is 1. The van der Waals surface area contributed by atoms with Crippen LogP contribution in [0.2, 0.25) is 0 Å². The van der Waals surface area contributed by atoms with Crippen molar-refractivity contribution in [3.63, 3.8) is 0 Å². The summed E-state index contributed by atoms with van der Waals surface area (Å²) in [5, 5.41) is 11.7. The Hall–Kier alpha value is -2.28. The van der Waals surface area contributed by atoms with Crippen LogP contribution in [-0.2, 0) is 0 Å². The van der Waals surface area contributed by atoms with Crippen LogP contribution in [0, 0.1) is 11.3 Å². The molecule has 0 saturated heterocycles. The summed E-state index contributed by atoms with van der Waals surface area (Å²) in [5.74, 6) is 0. The summed E-state index contributed by atoms with van der Waals surface area (Å²) in [7, 11) is 1.75. The summed E-state index contributed by atoms with van der Waals surface area (Å²) in [6.07, 6.45) is 10.9. The van der Waals surface area contributed by atoms with Gasteiger partial charge in [0.25, 0.3) is 0 Å². The number of nitrogens with zero attached hydrogens (tertiary/aromatic N) is 3. The molecule has 4 nitrogen and oxygen atoms in total. The van der Waals surface area contributed by atoms with Gasteiger partial charge in [-0.15, -0.1) is 0 Å². The lowest BCUT2D eigenvalue weighted by atomic mass is 9.90. The first-order chi connectivity index (χ1) is 11.8. The Balaban J connectivity index is 1.57. The molecule has 0 radical (unpaired) electrons. The summed E-state index contributed by atoms with van der Waals surface area (Å²) in [6, 6.07) is 14.7. The standard InChI is InChI=1S/C20H26N4/c1-22-17(15-21)13-14-23-16-7-9-19(10-8-16)24(20-11-12-20)18-5-3-2-4-6-18/h2-6,13-14,16,19-20,22H,7-12H2,1H3. The molecule has 0 spiro atoms. The minimum Gasteiger partial charge on any atom is -0.380 e. The van der Waals surface area contributed by atoms with Gasteiger partial charge in [0.05, 0.1) is 6.04 Å². The highest BCUT2D eigenvalue weighted by atomic mass is 15.2. The van der Waals surface area contributed by atoms with Crippen molar-refractivity contribution in [2.45, 2.75) is 56.7 Å². The van der Waals surface area contributed by atoms with Crippen molar-refractivity contribution in [2.75, 3.05) is 11.9 Å². The first-order valence-electron chi connectivity index (χ1n) is 8.96. The van der Waals surface area contributed by atoms with Crippen molar-refractivity contribution in [1.82, 2.24) is 5.32 Å². The van der Waals surface area contributed by atoms with Crippen LogP contribution in [0.1, 0.15) is 38.5 Å². The maximum atomic E-state index is 8.88. The lowest BCUT2D eigenvalue weighted by Gasteiger charge is -2.38. The summed E-state index contributed by atoms with van der Waals surface area (Å²) >= 11 is 0. The minimum absolute atomic E-state index is 0.395. The third kappa shape index (κ3) is 4.17. The summed E-state index contributed by atoms with van der Waals surface area (Å²) in [5.41, 5.74) is 1.93. The Morgan fingerprint density at radius 3 is 2.29 bits per heavy atom. The van der Waals surface area contributed by atoms with E-state index < -0.39 is 0 Å². The zero-order valence-electron chi connectivity index (χ0n) is 14.4. The highest BCUT2D eigenvalue weighted by Gasteiger charge is 2.35. The van der Waals surface area contributed by atoms with Crippen LogP contribution in [0.25, 0.3) is 0 Å². The van der Waals surface area contributed by atoms with Gasteiger partial charge in [-0.3, -0.25) is 4.99 Å². The molecule has 0 atom stereocenters. The van der Waals surface area contributed by atoms with Gasteiger partial charge in [-0.1, -0.05) is 18.2 Å². The van der Waals surface area contributed by atoms with Crippen molar-refractivity contribution in [3.8, 4) is 6.07 Å². The largest absolute Gasteiger partial charge is 0.380 e. The maximum absolute atomic E-state index is 8.88. The third-order valence-corrected chi connectivity index (χ3v) is 4.98. The average Bonchev–Trinajstić information content (AvgIpc) is 3.46. The first-order valence-corrected chi connectivity index (χ1v) is 8.96. The van der Waals surface area contributed by atoms with Crippen molar-refractivity contribution < 1.29 is 0 Å². The van der Waals surface area contributed by atoms with Crippen LogP contribution in [0.15, 0.2) is 47.1 Å². The molecule has 2 aliphatic rings. The Morgan fingerprint density at radius 1 is 1.12 bits per heavy atom. The van der Waals surface area contributed by atoms with Crippen molar-refractivity contribution in [2.24, 2.45) is 4.99 Å². The number of nitriles is 1. The SMILES string of the molecule is CNC(C#N)=CC=NC1CCC(N(c2ccccc2)C2CC2)CC1. The molecule has 2 fully saturated rings. The quantitative estimate of drug-likeness (QED) is 0.642. The van der Waals surface area contributed by atoms with Crippen LogP contribution < -0.4 is 10.2 Å².